The van der Waals surface area contributed by atoms with Crippen molar-refractivity contribution in [1.29, 1.82) is 0 Å². The number of nitrogens with two attached hydrogens (primary N) is 1. The number of hydrogen-bond acceptors (Lipinski definition) is 6. The summed E-state index contributed by atoms with van der Waals surface area (Å²) in [5, 5.41) is 15.2. The number of rotatable bonds is 3. The molecule has 2 rings (SSSR count). The van der Waals surface area contributed by atoms with E-state index in [0.29, 0.717) is 16.4 Å². The normalized spacial score (nSPS) is 10.2. The minimum absolute atomic E-state index is 0.0457. The highest BCUT2D eigenvalue weighted by Gasteiger charge is 2.14. The smallest absolute Gasteiger partial charge is 0.275 e. The van der Waals surface area contributed by atoms with Crippen LogP contribution in [0, 0.1) is 17.0 Å². The quantitative estimate of drug-likeness (QED) is 0.660. The first-order valence-electron chi connectivity index (χ1n) is 5.25. The standard InChI is InChI=1S/C11H10N4O3S/c1-6-2-3-7(4-9(6)15(17)18)13-10(16)8-5-19-11(12)14-8/h2-5H,1H3,(H2,12,14)(H,13,16). The van der Waals surface area contributed by atoms with E-state index in [9.17, 15) is 14.9 Å². The number of nitro groups is 1. The molecule has 2 aromatic rings. The van der Waals surface area contributed by atoms with Crippen molar-refractivity contribution in [2.45, 2.75) is 6.92 Å². The Morgan fingerprint density at radius 3 is 2.84 bits per heavy atom. The molecule has 0 saturated heterocycles. The maximum absolute atomic E-state index is 11.8. The van der Waals surface area contributed by atoms with Crippen LogP contribution >= 0.6 is 11.3 Å². The van der Waals surface area contributed by atoms with Crippen molar-refractivity contribution in [3.8, 4) is 0 Å². The zero-order chi connectivity index (χ0) is 14.0. The van der Waals surface area contributed by atoms with Crippen LogP contribution in [0.5, 0.6) is 0 Å². The molecule has 0 saturated carbocycles. The molecule has 0 aliphatic carbocycles. The zero-order valence-corrected chi connectivity index (χ0v) is 10.7. The SMILES string of the molecule is Cc1ccc(NC(=O)c2csc(N)n2)cc1[N+](=O)[O-]. The summed E-state index contributed by atoms with van der Waals surface area (Å²) in [6.07, 6.45) is 0. The van der Waals surface area contributed by atoms with Gasteiger partial charge in [0.05, 0.1) is 4.92 Å². The molecule has 0 unspecified atom stereocenters. The Kier molecular flexibility index (Phi) is 3.43. The number of nitro benzene ring substituents is 1. The number of carbonyl (C=O) groups excluding carboxylic acids is 1. The van der Waals surface area contributed by atoms with Gasteiger partial charge in [-0.15, -0.1) is 11.3 Å². The number of hydrogen-bond donors (Lipinski definition) is 2. The Balaban J connectivity index is 2.22. The molecule has 19 heavy (non-hydrogen) atoms. The maximum atomic E-state index is 11.8. The third-order valence-electron chi connectivity index (χ3n) is 2.42. The van der Waals surface area contributed by atoms with Gasteiger partial charge >= 0.3 is 0 Å². The molecule has 1 heterocycles. The second-order valence-corrected chi connectivity index (χ2v) is 4.67. The highest BCUT2D eigenvalue weighted by molar-refractivity contribution is 7.13. The molecular weight excluding hydrogens is 268 g/mol. The van der Waals surface area contributed by atoms with Crippen molar-refractivity contribution in [1.82, 2.24) is 4.98 Å². The van der Waals surface area contributed by atoms with Crippen LogP contribution in [0.1, 0.15) is 16.1 Å². The van der Waals surface area contributed by atoms with Gasteiger partial charge in [0.15, 0.2) is 5.13 Å². The first-order valence-corrected chi connectivity index (χ1v) is 6.12. The second kappa shape index (κ2) is 5.02. The highest BCUT2D eigenvalue weighted by Crippen LogP contribution is 2.23. The van der Waals surface area contributed by atoms with Crippen molar-refractivity contribution in [3.05, 3.63) is 45.0 Å². The maximum Gasteiger partial charge on any atom is 0.275 e. The molecule has 0 fully saturated rings. The fourth-order valence-electron chi connectivity index (χ4n) is 1.47. The number of aromatic nitrogens is 1. The summed E-state index contributed by atoms with van der Waals surface area (Å²) in [5.41, 5.74) is 6.44. The van der Waals surface area contributed by atoms with Crippen LogP contribution in [-0.2, 0) is 0 Å². The first-order chi connectivity index (χ1) is 8.97. The molecule has 0 aliphatic heterocycles. The third kappa shape index (κ3) is 2.86. The molecular formula is C11H10N4O3S. The number of carbonyl (C=O) groups is 1. The van der Waals surface area contributed by atoms with Gasteiger partial charge < -0.3 is 11.1 Å². The number of thiazole rings is 1. The minimum atomic E-state index is -0.494. The number of nitrogen functional groups attached to an aromatic ring is 1. The molecule has 1 aromatic heterocycles. The molecule has 0 spiro atoms. The van der Waals surface area contributed by atoms with E-state index in [0.717, 1.165) is 11.3 Å². The largest absolute Gasteiger partial charge is 0.375 e. The number of aryl methyl sites for hydroxylation is 1. The Bertz CT molecular complexity index is 653. The Morgan fingerprint density at radius 2 is 2.26 bits per heavy atom. The summed E-state index contributed by atoms with van der Waals surface area (Å²) in [6.45, 7) is 1.63. The lowest BCUT2D eigenvalue weighted by atomic mass is 10.2. The van der Waals surface area contributed by atoms with Crippen molar-refractivity contribution in [2.24, 2.45) is 0 Å². The monoisotopic (exact) mass is 278 g/mol. The number of benzene rings is 1. The van der Waals surface area contributed by atoms with Crippen molar-refractivity contribution in [3.63, 3.8) is 0 Å². The summed E-state index contributed by atoms with van der Waals surface area (Å²) >= 11 is 1.15. The van der Waals surface area contributed by atoms with Crippen LogP contribution in [0.3, 0.4) is 0 Å². The first kappa shape index (κ1) is 13.0. The van der Waals surface area contributed by atoms with Crippen LogP contribution in [0.15, 0.2) is 23.6 Å². The lowest BCUT2D eigenvalue weighted by Gasteiger charge is -2.04. The van der Waals surface area contributed by atoms with Crippen molar-refractivity contribution in [2.75, 3.05) is 11.1 Å². The predicted molar refractivity (Wildman–Crippen MR) is 72.3 cm³/mol. The van der Waals surface area contributed by atoms with Crippen molar-refractivity contribution < 1.29 is 9.72 Å². The van der Waals surface area contributed by atoms with E-state index in [1.807, 2.05) is 0 Å². The van der Waals surface area contributed by atoms with Crippen LogP contribution in [-0.4, -0.2) is 15.8 Å². The minimum Gasteiger partial charge on any atom is -0.375 e. The fourth-order valence-corrected chi connectivity index (χ4v) is 2.01. The molecule has 1 aromatic carbocycles. The summed E-state index contributed by atoms with van der Waals surface area (Å²) in [4.78, 5) is 25.9. The van der Waals surface area contributed by atoms with E-state index in [4.69, 9.17) is 5.73 Å². The van der Waals surface area contributed by atoms with Gasteiger partial charge in [-0.2, -0.15) is 0 Å². The number of anilines is 2. The summed E-state index contributed by atoms with van der Waals surface area (Å²) in [5.74, 6) is -0.453. The molecule has 3 N–H and O–H groups in total. The summed E-state index contributed by atoms with van der Waals surface area (Å²) < 4.78 is 0. The zero-order valence-electron chi connectivity index (χ0n) is 9.91. The molecule has 1 amide bonds. The fraction of sp³-hybridized carbons (Fsp3) is 0.0909. The Morgan fingerprint density at radius 1 is 1.53 bits per heavy atom. The van der Waals surface area contributed by atoms with E-state index < -0.39 is 10.8 Å². The van der Waals surface area contributed by atoms with Crippen LogP contribution < -0.4 is 11.1 Å². The number of nitrogens with one attached hydrogen (secondary N) is 1. The topological polar surface area (TPSA) is 111 Å². The second-order valence-electron chi connectivity index (χ2n) is 3.78. The summed E-state index contributed by atoms with van der Waals surface area (Å²) in [6, 6.07) is 4.47. The van der Waals surface area contributed by atoms with Crippen LogP contribution in [0.25, 0.3) is 0 Å². The Labute approximate surface area is 112 Å². The van der Waals surface area contributed by atoms with Gasteiger partial charge in [-0.05, 0) is 13.0 Å². The van der Waals surface area contributed by atoms with Gasteiger partial charge in [0.25, 0.3) is 11.6 Å². The van der Waals surface area contributed by atoms with Gasteiger partial charge in [-0.25, -0.2) is 4.98 Å². The van der Waals surface area contributed by atoms with E-state index >= 15 is 0 Å². The van der Waals surface area contributed by atoms with Gasteiger partial charge in [0.1, 0.15) is 5.69 Å². The molecule has 7 nitrogen and oxygen atoms in total. The number of nitrogens with zero attached hydrogens (tertiary/aromatic N) is 2. The van der Waals surface area contributed by atoms with E-state index in [2.05, 4.69) is 10.3 Å². The van der Waals surface area contributed by atoms with Crippen LogP contribution in [0.2, 0.25) is 0 Å². The third-order valence-corrected chi connectivity index (χ3v) is 3.09. The molecule has 98 valence electrons. The molecule has 0 radical (unpaired) electrons. The van der Waals surface area contributed by atoms with E-state index in [1.54, 1.807) is 19.1 Å². The van der Waals surface area contributed by atoms with Gasteiger partial charge in [-0.1, -0.05) is 6.07 Å². The highest BCUT2D eigenvalue weighted by atomic mass is 32.1. The molecule has 8 heteroatoms. The average Bonchev–Trinajstić information content (AvgIpc) is 2.78. The van der Waals surface area contributed by atoms with Crippen LogP contribution in [0.4, 0.5) is 16.5 Å². The van der Waals surface area contributed by atoms with E-state index in [-0.39, 0.29) is 11.4 Å². The Hall–Kier alpha value is -2.48. The lowest BCUT2D eigenvalue weighted by molar-refractivity contribution is -0.385. The van der Waals surface area contributed by atoms with Crippen molar-refractivity contribution >= 4 is 33.8 Å². The van der Waals surface area contributed by atoms with Gasteiger partial charge in [0, 0.05) is 22.7 Å². The average molecular weight is 278 g/mol. The lowest BCUT2D eigenvalue weighted by Crippen LogP contribution is -2.12. The summed E-state index contributed by atoms with van der Waals surface area (Å²) in [7, 11) is 0. The van der Waals surface area contributed by atoms with E-state index in [1.165, 1.54) is 11.4 Å². The van der Waals surface area contributed by atoms with Gasteiger partial charge in [-0.3, -0.25) is 14.9 Å². The predicted octanol–water partition coefficient (Wildman–Crippen LogP) is 2.19. The molecule has 0 bridgehead atoms. The van der Waals surface area contributed by atoms with Gasteiger partial charge in [0.2, 0.25) is 0 Å². The number of amides is 1. The molecule has 0 atom stereocenters. The molecule has 0 aliphatic rings.